The average molecular weight is 280 g/mol. The molecule has 0 aromatic rings. The summed E-state index contributed by atoms with van der Waals surface area (Å²) in [5.41, 5.74) is 0.00900. The second kappa shape index (κ2) is 5.15. The summed E-state index contributed by atoms with van der Waals surface area (Å²) in [7, 11) is 0. The van der Waals surface area contributed by atoms with Crippen molar-refractivity contribution < 1.29 is 19.7 Å². The molecule has 0 atom stereocenters. The van der Waals surface area contributed by atoms with Gasteiger partial charge in [-0.25, -0.2) is 9.68 Å². The van der Waals surface area contributed by atoms with Gasteiger partial charge in [0, 0.05) is 12.0 Å². The van der Waals surface area contributed by atoms with Crippen LogP contribution < -0.4 is 0 Å². The van der Waals surface area contributed by atoms with Gasteiger partial charge in [0.2, 0.25) is 0 Å². The molecule has 0 aromatic heterocycles. The van der Waals surface area contributed by atoms with Gasteiger partial charge >= 0.3 is 5.97 Å². The normalized spacial score (nSPS) is 41.7. The highest BCUT2D eigenvalue weighted by Crippen LogP contribution is 2.60. The molecule has 112 valence electrons. The fourth-order valence-electron chi connectivity index (χ4n) is 5.07. The van der Waals surface area contributed by atoms with Crippen LogP contribution in [-0.2, 0) is 14.4 Å². The van der Waals surface area contributed by atoms with E-state index < -0.39 is 5.60 Å². The summed E-state index contributed by atoms with van der Waals surface area (Å²) in [6.07, 6.45) is 6.57. The van der Waals surface area contributed by atoms with Crippen LogP contribution in [0.3, 0.4) is 0 Å². The van der Waals surface area contributed by atoms with Crippen LogP contribution >= 0.6 is 0 Å². The Hall–Kier alpha value is -0.870. The summed E-state index contributed by atoms with van der Waals surface area (Å²) in [6.45, 7) is 5.61. The molecule has 4 aliphatic carbocycles. The van der Waals surface area contributed by atoms with Gasteiger partial charge in [0.05, 0.1) is 6.61 Å². The minimum Gasteiger partial charge on any atom is -0.455 e. The zero-order chi connectivity index (χ0) is 14.3. The third kappa shape index (κ3) is 2.19. The Balaban J connectivity index is 1.85. The summed E-state index contributed by atoms with van der Waals surface area (Å²) in [6, 6.07) is 0. The van der Waals surface area contributed by atoms with Crippen LogP contribution in [0.4, 0.5) is 0 Å². The van der Waals surface area contributed by atoms with Crippen LogP contribution in [0.1, 0.15) is 45.4 Å². The summed E-state index contributed by atoms with van der Waals surface area (Å²) in [5, 5.41) is 8.72. The Labute approximate surface area is 120 Å². The highest BCUT2D eigenvalue weighted by atomic mass is 17.1. The Morgan fingerprint density at radius 1 is 1.20 bits per heavy atom. The standard InChI is InChI=1S/C16H24O4/c1-10(2)15(17)20-16(3-4-19-18)13-6-11-5-12(8-13)9-14(16)7-11/h11-14,18H,1,3-9H2,2H3/t11?,12?,13-,14?,16-/m0/s1. The number of carbonyl (C=O) groups is 1. The predicted octanol–water partition coefficient (Wildman–Crippen LogP) is 3.18. The molecule has 0 amide bonds. The number of hydrogen-bond donors (Lipinski definition) is 1. The maximum absolute atomic E-state index is 12.1. The molecule has 4 rings (SSSR count). The number of hydrogen-bond acceptors (Lipinski definition) is 4. The van der Waals surface area contributed by atoms with E-state index in [-0.39, 0.29) is 12.6 Å². The SMILES string of the molecule is C=C(C)C(=O)O[C@]1(CCOO)C2CC3CC(C2)C[C@@H]1C3. The fraction of sp³-hybridized carbons (Fsp3) is 0.812. The summed E-state index contributed by atoms with van der Waals surface area (Å²) in [5.74, 6) is 2.18. The summed E-state index contributed by atoms with van der Waals surface area (Å²) < 4.78 is 5.95. The maximum Gasteiger partial charge on any atom is 0.333 e. The zero-order valence-electron chi connectivity index (χ0n) is 12.1. The molecule has 4 nitrogen and oxygen atoms in total. The number of esters is 1. The van der Waals surface area contributed by atoms with E-state index in [1.165, 1.54) is 6.42 Å². The molecule has 0 aliphatic heterocycles. The Bertz CT molecular complexity index is 387. The van der Waals surface area contributed by atoms with Crippen LogP contribution in [0.5, 0.6) is 0 Å². The van der Waals surface area contributed by atoms with Gasteiger partial charge in [-0.15, -0.1) is 0 Å². The minimum atomic E-state index is -0.438. The highest BCUT2D eigenvalue weighted by Gasteiger charge is 2.59. The van der Waals surface area contributed by atoms with E-state index in [0.29, 0.717) is 23.8 Å². The zero-order valence-corrected chi connectivity index (χ0v) is 12.1. The van der Waals surface area contributed by atoms with Crippen molar-refractivity contribution in [1.29, 1.82) is 0 Å². The molecule has 0 saturated heterocycles. The third-order valence-electron chi connectivity index (χ3n) is 5.74. The van der Waals surface area contributed by atoms with E-state index in [2.05, 4.69) is 11.5 Å². The van der Waals surface area contributed by atoms with Crippen molar-refractivity contribution >= 4 is 5.97 Å². The van der Waals surface area contributed by atoms with Crippen molar-refractivity contribution in [2.75, 3.05) is 6.61 Å². The van der Waals surface area contributed by atoms with Gasteiger partial charge in [0.25, 0.3) is 0 Å². The van der Waals surface area contributed by atoms with Crippen molar-refractivity contribution in [2.45, 2.75) is 51.0 Å². The van der Waals surface area contributed by atoms with Crippen LogP contribution in [0.15, 0.2) is 12.2 Å². The molecular weight excluding hydrogens is 256 g/mol. The lowest BCUT2D eigenvalue weighted by Crippen LogP contribution is -2.60. The molecule has 0 aromatic carbocycles. The Morgan fingerprint density at radius 3 is 2.20 bits per heavy atom. The van der Waals surface area contributed by atoms with Crippen LogP contribution in [0, 0.1) is 23.7 Å². The molecule has 0 spiro atoms. The molecule has 4 saturated carbocycles. The van der Waals surface area contributed by atoms with Crippen LogP contribution in [0.2, 0.25) is 0 Å². The highest BCUT2D eigenvalue weighted by molar-refractivity contribution is 5.87. The molecule has 0 heterocycles. The number of carbonyl (C=O) groups excluding carboxylic acids is 1. The first-order valence-corrected chi connectivity index (χ1v) is 7.70. The van der Waals surface area contributed by atoms with Crippen molar-refractivity contribution in [3.63, 3.8) is 0 Å². The van der Waals surface area contributed by atoms with Gasteiger partial charge in [-0.05, 0) is 62.7 Å². The molecular formula is C16H24O4. The topological polar surface area (TPSA) is 55.8 Å². The summed E-state index contributed by atoms with van der Waals surface area (Å²) >= 11 is 0. The Morgan fingerprint density at radius 2 is 1.75 bits per heavy atom. The first-order chi connectivity index (χ1) is 9.55. The van der Waals surface area contributed by atoms with E-state index in [9.17, 15) is 4.79 Å². The lowest BCUT2D eigenvalue weighted by molar-refractivity contribution is -0.265. The second-order valence-corrected chi connectivity index (χ2v) is 7.01. The number of ether oxygens (including phenoxy) is 1. The van der Waals surface area contributed by atoms with Gasteiger partial charge in [0.15, 0.2) is 0 Å². The van der Waals surface area contributed by atoms with E-state index in [4.69, 9.17) is 9.99 Å². The fourth-order valence-corrected chi connectivity index (χ4v) is 5.07. The molecule has 0 radical (unpaired) electrons. The maximum atomic E-state index is 12.1. The van der Waals surface area contributed by atoms with Crippen molar-refractivity contribution in [3.8, 4) is 0 Å². The van der Waals surface area contributed by atoms with Gasteiger partial charge in [-0.3, -0.25) is 5.26 Å². The third-order valence-corrected chi connectivity index (χ3v) is 5.74. The molecule has 4 bridgehead atoms. The first kappa shape index (κ1) is 14.1. The van der Waals surface area contributed by atoms with Crippen LogP contribution in [0.25, 0.3) is 0 Å². The predicted molar refractivity (Wildman–Crippen MR) is 73.9 cm³/mol. The van der Waals surface area contributed by atoms with Gasteiger partial charge in [-0.2, -0.15) is 0 Å². The molecule has 0 unspecified atom stereocenters. The van der Waals surface area contributed by atoms with Crippen LogP contribution in [-0.4, -0.2) is 23.4 Å². The van der Waals surface area contributed by atoms with E-state index >= 15 is 0 Å². The largest absolute Gasteiger partial charge is 0.455 e. The molecule has 4 heteroatoms. The lowest BCUT2D eigenvalue weighted by atomic mass is 9.49. The van der Waals surface area contributed by atoms with Gasteiger partial charge in [-0.1, -0.05) is 6.58 Å². The van der Waals surface area contributed by atoms with Crippen molar-refractivity contribution in [2.24, 2.45) is 23.7 Å². The van der Waals surface area contributed by atoms with E-state index in [1.807, 2.05) is 0 Å². The number of rotatable bonds is 5. The van der Waals surface area contributed by atoms with Crippen molar-refractivity contribution in [3.05, 3.63) is 12.2 Å². The lowest BCUT2D eigenvalue weighted by Gasteiger charge is -2.60. The quantitative estimate of drug-likeness (QED) is 0.364. The first-order valence-electron chi connectivity index (χ1n) is 7.70. The molecule has 4 fully saturated rings. The average Bonchev–Trinajstić information content (AvgIpc) is 2.40. The molecule has 1 N–H and O–H groups in total. The molecule has 4 aliphatic rings. The van der Waals surface area contributed by atoms with Gasteiger partial charge < -0.3 is 4.74 Å². The monoisotopic (exact) mass is 280 g/mol. The van der Waals surface area contributed by atoms with Gasteiger partial charge in [0.1, 0.15) is 5.60 Å². The Kier molecular flexibility index (Phi) is 3.63. The smallest absolute Gasteiger partial charge is 0.333 e. The van der Waals surface area contributed by atoms with Crippen molar-refractivity contribution in [1.82, 2.24) is 0 Å². The summed E-state index contributed by atoms with van der Waals surface area (Å²) in [4.78, 5) is 16.4. The second-order valence-electron chi connectivity index (χ2n) is 7.01. The minimum absolute atomic E-state index is 0.228. The van der Waals surface area contributed by atoms with E-state index in [0.717, 1.165) is 37.5 Å². The molecule has 20 heavy (non-hydrogen) atoms. The van der Waals surface area contributed by atoms with E-state index in [1.54, 1.807) is 6.92 Å².